The Bertz CT molecular complexity index is 289. The van der Waals surface area contributed by atoms with Crippen molar-refractivity contribution in [2.45, 2.75) is 38.1 Å². The predicted octanol–water partition coefficient (Wildman–Crippen LogP) is 1.05. The molecule has 1 saturated carbocycles. The molecule has 1 aliphatic heterocycles. The number of carbonyl (C=O) groups excluding carboxylic acids is 1. The van der Waals surface area contributed by atoms with Crippen molar-refractivity contribution in [1.29, 1.82) is 0 Å². The molecular formula is C11H18N2O3. The van der Waals surface area contributed by atoms with Gasteiger partial charge in [0.05, 0.1) is 6.42 Å². The molecule has 1 heterocycles. The summed E-state index contributed by atoms with van der Waals surface area (Å²) in [6.45, 7) is 1.43. The van der Waals surface area contributed by atoms with Crippen molar-refractivity contribution in [1.82, 2.24) is 10.2 Å². The van der Waals surface area contributed by atoms with Crippen LogP contribution in [0.5, 0.6) is 0 Å². The third kappa shape index (κ3) is 2.87. The van der Waals surface area contributed by atoms with E-state index in [9.17, 15) is 9.59 Å². The number of aliphatic carboxylic acids is 1. The Kier molecular flexibility index (Phi) is 3.31. The van der Waals surface area contributed by atoms with E-state index in [1.807, 2.05) is 0 Å². The largest absolute Gasteiger partial charge is 0.481 e. The maximum absolute atomic E-state index is 11.8. The van der Waals surface area contributed by atoms with Gasteiger partial charge in [0, 0.05) is 19.1 Å². The average Bonchev–Trinajstić information content (AvgIpc) is 2.94. The maximum Gasteiger partial charge on any atom is 0.317 e. The quantitative estimate of drug-likeness (QED) is 0.752. The molecule has 5 heteroatoms. The van der Waals surface area contributed by atoms with Crippen LogP contribution in [0.25, 0.3) is 0 Å². The van der Waals surface area contributed by atoms with Crippen LogP contribution in [0.4, 0.5) is 4.79 Å². The first-order valence-electron chi connectivity index (χ1n) is 5.93. The summed E-state index contributed by atoms with van der Waals surface area (Å²) in [5, 5.41) is 11.6. The Morgan fingerprint density at radius 2 is 2.06 bits per heavy atom. The molecule has 0 aromatic rings. The molecule has 2 aliphatic rings. The minimum absolute atomic E-state index is 0.0663. The van der Waals surface area contributed by atoms with Crippen LogP contribution in [0.3, 0.4) is 0 Å². The first-order chi connectivity index (χ1) is 7.66. The summed E-state index contributed by atoms with van der Waals surface area (Å²) in [4.78, 5) is 24.1. The van der Waals surface area contributed by atoms with Gasteiger partial charge in [0.2, 0.25) is 0 Å². The fraction of sp³-hybridized carbons (Fsp3) is 0.818. The molecule has 0 spiro atoms. The highest BCUT2D eigenvalue weighted by molar-refractivity contribution is 5.76. The molecular weight excluding hydrogens is 208 g/mol. The molecule has 1 aliphatic carbocycles. The van der Waals surface area contributed by atoms with Gasteiger partial charge in [0.15, 0.2) is 0 Å². The van der Waals surface area contributed by atoms with Gasteiger partial charge in [-0.15, -0.1) is 0 Å². The Morgan fingerprint density at radius 3 is 2.69 bits per heavy atom. The zero-order valence-electron chi connectivity index (χ0n) is 9.32. The Morgan fingerprint density at radius 1 is 1.31 bits per heavy atom. The highest BCUT2D eigenvalue weighted by atomic mass is 16.4. The van der Waals surface area contributed by atoms with Gasteiger partial charge in [0.1, 0.15) is 0 Å². The number of rotatable bonds is 4. The minimum Gasteiger partial charge on any atom is -0.481 e. The molecule has 1 saturated heterocycles. The lowest BCUT2D eigenvalue weighted by molar-refractivity contribution is -0.137. The van der Waals surface area contributed by atoms with E-state index in [1.54, 1.807) is 4.90 Å². The van der Waals surface area contributed by atoms with E-state index in [0.717, 1.165) is 19.4 Å². The lowest BCUT2D eigenvalue weighted by Gasteiger charge is -2.23. The monoisotopic (exact) mass is 226 g/mol. The summed E-state index contributed by atoms with van der Waals surface area (Å²) in [6.07, 6.45) is 4.20. The smallest absolute Gasteiger partial charge is 0.317 e. The number of carboxylic acids is 1. The number of amides is 2. The molecule has 2 fully saturated rings. The van der Waals surface area contributed by atoms with Crippen LogP contribution in [-0.2, 0) is 4.79 Å². The van der Waals surface area contributed by atoms with Gasteiger partial charge in [0.25, 0.3) is 0 Å². The molecule has 1 atom stereocenters. The molecule has 0 radical (unpaired) electrons. The zero-order chi connectivity index (χ0) is 11.5. The van der Waals surface area contributed by atoms with Crippen molar-refractivity contribution in [3.63, 3.8) is 0 Å². The second-order valence-electron chi connectivity index (χ2n) is 4.72. The van der Waals surface area contributed by atoms with E-state index in [0.29, 0.717) is 12.5 Å². The number of urea groups is 1. The van der Waals surface area contributed by atoms with Crippen molar-refractivity contribution in [2.24, 2.45) is 5.92 Å². The molecule has 0 bridgehead atoms. The van der Waals surface area contributed by atoms with Crippen molar-refractivity contribution in [3.05, 3.63) is 0 Å². The molecule has 90 valence electrons. The summed E-state index contributed by atoms with van der Waals surface area (Å²) in [7, 11) is 0. The number of likely N-dealkylation sites (tertiary alicyclic amines) is 1. The van der Waals surface area contributed by atoms with Gasteiger partial charge < -0.3 is 15.3 Å². The first kappa shape index (κ1) is 11.2. The number of nitrogens with zero attached hydrogens (tertiary/aromatic N) is 1. The first-order valence-corrected chi connectivity index (χ1v) is 5.93. The summed E-state index contributed by atoms with van der Waals surface area (Å²) >= 11 is 0. The van der Waals surface area contributed by atoms with Crippen LogP contribution < -0.4 is 5.32 Å². The van der Waals surface area contributed by atoms with Crippen molar-refractivity contribution >= 4 is 12.0 Å². The lowest BCUT2D eigenvalue weighted by Crippen LogP contribution is -2.44. The van der Waals surface area contributed by atoms with Crippen LogP contribution in [0, 0.1) is 5.92 Å². The maximum atomic E-state index is 11.8. The molecule has 5 nitrogen and oxygen atoms in total. The van der Waals surface area contributed by atoms with Crippen LogP contribution in [0.1, 0.15) is 32.1 Å². The Labute approximate surface area is 94.8 Å². The average molecular weight is 226 g/mol. The summed E-state index contributed by atoms with van der Waals surface area (Å²) in [6, 6.07) is -0.202. The van der Waals surface area contributed by atoms with Crippen LogP contribution in [0.15, 0.2) is 0 Å². The standard InChI is InChI=1S/C11H18N2O3/c14-10(15)6-9-2-1-5-13(9)11(16)12-7-8-3-4-8/h8-9H,1-7H2,(H,12,16)(H,14,15). The fourth-order valence-corrected chi connectivity index (χ4v) is 2.17. The van der Waals surface area contributed by atoms with E-state index in [4.69, 9.17) is 5.11 Å². The van der Waals surface area contributed by atoms with Crippen LogP contribution in [0.2, 0.25) is 0 Å². The molecule has 0 aromatic carbocycles. The van der Waals surface area contributed by atoms with Crippen LogP contribution >= 0.6 is 0 Å². The number of nitrogens with one attached hydrogen (secondary N) is 1. The predicted molar refractivity (Wildman–Crippen MR) is 58.1 cm³/mol. The topological polar surface area (TPSA) is 69.6 Å². The van der Waals surface area contributed by atoms with Gasteiger partial charge in [-0.05, 0) is 31.6 Å². The third-order valence-corrected chi connectivity index (χ3v) is 3.29. The van der Waals surface area contributed by atoms with E-state index in [2.05, 4.69) is 5.32 Å². The van der Waals surface area contributed by atoms with Gasteiger partial charge >= 0.3 is 12.0 Å². The number of carboxylic acid groups (broad SMARTS) is 1. The van der Waals surface area contributed by atoms with E-state index >= 15 is 0 Å². The van der Waals surface area contributed by atoms with E-state index in [-0.39, 0.29) is 18.5 Å². The summed E-state index contributed by atoms with van der Waals surface area (Å²) < 4.78 is 0. The van der Waals surface area contributed by atoms with Gasteiger partial charge in [-0.3, -0.25) is 4.79 Å². The number of carbonyl (C=O) groups is 2. The van der Waals surface area contributed by atoms with Crippen LogP contribution in [-0.4, -0.2) is 41.1 Å². The summed E-state index contributed by atoms with van der Waals surface area (Å²) in [5.74, 6) is -0.170. The minimum atomic E-state index is -0.827. The molecule has 2 N–H and O–H groups in total. The fourth-order valence-electron chi connectivity index (χ4n) is 2.17. The second-order valence-corrected chi connectivity index (χ2v) is 4.72. The SMILES string of the molecule is O=C(O)CC1CCCN1C(=O)NCC1CC1. The summed E-state index contributed by atoms with van der Waals surface area (Å²) in [5.41, 5.74) is 0. The normalized spacial score (nSPS) is 24.5. The molecule has 1 unspecified atom stereocenters. The molecule has 0 aromatic heterocycles. The van der Waals surface area contributed by atoms with Crippen molar-refractivity contribution < 1.29 is 14.7 Å². The second kappa shape index (κ2) is 4.72. The van der Waals surface area contributed by atoms with Gasteiger partial charge in [-0.25, -0.2) is 4.79 Å². The molecule has 2 amide bonds. The van der Waals surface area contributed by atoms with Gasteiger partial charge in [-0.1, -0.05) is 0 Å². The van der Waals surface area contributed by atoms with E-state index in [1.165, 1.54) is 12.8 Å². The van der Waals surface area contributed by atoms with E-state index < -0.39 is 5.97 Å². The number of hydrogen-bond acceptors (Lipinski definition) is 2. The lowest BCUT2D eigenvalue weighted by atomic mass is 10.1. The highest BCUT2D eigenvalue weighted by Gasteiger charge is 2.31. The Balaban J connectivity index is 1.80. The Hall–Kier alpha value is -1.26. The highest BCUT2D eigenvalue weighted by Crippen LogP contribution is 2.28. The van der Waals surface area contributed by atoms with Gasteiger partial charge in [-0.2, -0.15) is 0 Å². The van der Waals surface area contributed by atoms with Crippen molar-refractivity contribution in [3.8, 4) is 0 Å². The zero-order valence-corrected chi connectivity index (χ0v) is 9.32. The number of hydrogen-bond donors (Lipinski definition) is 2. The third-order valence-electron chi connectivity index (χ3n) is 3.29. The molecule has 16 heavy (non-hydrogen) atoms. The molecule has 2 rings (SSSR count). The van der Waals surface area contributed by atoms with Crippen molar-refractivity contribution in [2.75, 3.05) is 13.1 Å².